The summed E-state index contributed by atoms with van der Waals surface area (Å²) in [7, 11) is 0. The van der Waals surface area contributed by atoms with Crippen molar-refractivity contribution in [2.45, 2.75) is 26.4 Å². The smallest absolute Gasteiger partial charge is 0.191 e. The zero-order valence-electron chi connectivity index (χ0n) is 17.9. The zero-order chi connectivity index (χ0) is 21.2. The van der Waals surface area contributed by atoms with Gasteiger partial charge >= 0.3 is 0 Å². The van der Waals surface area contributed by atoms with E-state index in [9.17, 15) is 8.78 Å². The van der Waals surface area contributed by atoms with Crippen molar-refractivity contribution in [2.75, 3.05) is 39.4 Å². The molecule has 1 fully saturated rings. The lowest BCUT2D eigenvalue weighted by atomic mass is 10.1. The Hall–Kier alpha value is -1.78. The fourth-order valence-electron chi connectivity index (χ4n) is 3.45. The van der Waals surface area contributed by atoms with Crippen molar-refractivity contribution < 1.29 is 13.5 Å². The summed E-state index contributed by atoms with van der Waals surface area (Å²) in [5, 5.41) is 6.47. The number of guanidine groups is 1. The maximum absolute atomic E-state index is 13.3. The average Bonchev–Trinajstić information content (AvgIpc) is 2.73. The molecule has 5 nitrogen and oxygen atoms in total. The molecule has 8 heteroatoms. The largest absolute Gasteiger partial charge is 0.379 e. The van der Waals surface area contributed by atoms with E-state index in [1.807, 2.05) is 13.0 Å². The summed E-state index contributed by atoms with van der Waals surface area (Å²) in [6, 6.07) is 12.0. The Morgan fingerprint density at radius 2 is 1.71 bits per heavy atom. The number of hydrogen-bond acceptors (Lipinski definition) is 3. The summed E-state index contributed by atoms with van der Waals surface area (Å²) in [6.45, 7) is 8.18. The molecule has 0 spiro atoms. The van der Waals surface area contributed by atoms with Crippen LogP contribution < -0.4 is 10.6 Å². The van der Waals surface area contributed by atoms with Crippen molar-refractivity contribution in [3.8, 4) is 0 Å². The third kappa shape index (κ3) is 8.70. The van der Waals surface area contributed by atoms with Crippen molar-refractivity contribution >= 4 is 29.9 Å². The number of nitrogens with zero attached hydrogens (tertiary/aromatic N) is 2. The minimum atomic E-state index is -0.553. The standard InChI is InChI=1S/C23H30F2N4O.HI/c1-2-26-23(27-8-7-18-13-21(24)15-22(25)14-18)28-16-19-5-3-4-6-20(19)17-29-9-11-30-12-10-29;/h3-6,13-15H,2,7-12,16-17H2,1H3,(H2,26,27,28);1H. The highest BCUT2D eigenvalue weighted by atomic mass is 127. The molecule has 0 bridgehead atoms. The molecule has 0 amide bonds. The van der Waals surface area contributed by atoms with Crippen LogP contribution in [0.1, 0.15) is 23.6 Å². The molecule has 170 valence electrons. The van der Waals surface area contributed by atoms with Gasteiger partial charge in [-0.05, 0) is 42.2 Å². The second-order valence-electron chi connectivity index (χ2n) is 7.31. The Balaban J connectivity index is 0.00000341. The summed E-state index contributed by atoms with van der Waals surface area (Å²) >= 11 is 0. The minimum Gasteiger partial charge on any atom is -0.379 e. The summed E-state index contributed by atoms with van der Waals surface area (Å²) in [5.41, 5.74) is 3.08. The highest BCUT2D eigenvalue weighted by Crippen LogP contribution is 2.14. The first kappa shape index (κ1) is 25.5. The van der Waals surface area contributed by atoms with Gasteiger partial charge in [0.15, 0.2) is 5.96 Å². The van der Waals surface area contributed by atoms with Gasteiger partial charge in [-0.3, -0.25) is 4.90 Å². The van der Waals surface area contributed by atoms with Crippen LogP contribution in [-0.2, 0) is 24.2 Å². The Labute approximate surface area is 200 Å². The second kappa shape index (κ2) is 13.6. The van der Waals surface area contributed by atoms with E-state index in [2.05, 4.69) is 33.7 Å². The van der Waals surface area contributed by atoms with Crippen molar-refractivity contribution in [1.29, 1.82) is 0 Å². The van der Waals surface area contributed by atoms with Crippen LogP contribution in [0, 0.1) is 11.6 Å². The average molecular weight is 544 g/mol. The maximum Gasteiger partial charge on any atom is 0.191 e. The van der Waals surface area contributed by atoms with Crippen LogP contribution in [-0.4, -0.2) is 50.3 Å². The van der Waals surface area contributed by atoms with Crippen molar-refractivity contribution in [1.82, 2.24) is 15.5 Å². The fourth-order valence-corrected chi connectivity index (χ4v) is 3.45. The monoisotopic (exact) mass is 544 g/mol. The Morgan fingerprint density at radius 3 is 2.39 bits per heavy atom. The molecule has 1 aliphatic rings. The minimum absolute atomic E-state index is 0. The van der Waals surface area contributed by atoms with E-state index in [0.29, 0.717) is 31.0 Å². The number of halogens is 3. The van der Waals surface area contributed by atoms with Gasteiger partial charge in [0.05, 0.1) is 19.8 Å². The molecule has 2 N–H and O–H groups in total. The van der Waals surface area contributed by atoms with Crippen LogP contribution in [0.15, 0.2) is 47.5 Å². The first-order chi connectivity index (χ1) is 14.6. The summed E-state index contributed by atoms with van der Waals surface area (Å²) in [5.74, 6) is -0.416. The van der Waals surface area contributed by atoms with Gasteiger partial charge in [0.25, 0.3) is 0 Å². The molecule has 2 aromatic carbocycles. The number of aliphatic imine (C=N–C) groups is 1. The maximum atomic E-state index is 13.3. The van der Waals surface area contributed by atoms with Gasteiger partial charge in [-0.2, -0.15) is 0 Å². The van der Waals surface area contributed by atoms with Crippen molar-refractivity contribution in [3.63, 3.8) is 0 Å². The number of morpholine rings is 1. The number of nitrogens with one attached hydrogen (secondary N) is 2. The highest BCUT2D eigenvalue weighted by Gasteiger charge is 2.12. The van der Waals surface area contributed by atoms with Gasteiger partial charge in [0, 0.05) is 38.8 Å². The second-order valence-corrected chi connectivity index (χ2v) is 7.31. The van der Waals surface area contributed by atoms with Crippen LogP contribution >= 0.6 is 24.0 Å². The SMILES string of the molecule is CCNC(=NCc1ccccc1CN1CCOCC1)NCCc1cc(F)cc(F)c1.I. The van der Waals surface area contributed by atoms with E-state index in [1.165, 1.54) is 23.3 Å². The van der Waals surface area contributed by atoms with E-state index < -0.39 is 11.6 Å². The first-order valence-electron chi connectivity index (χ1n) is 10.5. The zero-order valence-corrected chi connectivity index (χ0v) is 20.2. The third-order valence-electron chi connectivity index (χ3n) is 5.00. The quantitative estimate of drug-likeness (QED) is 0.303. The van der Waals surface area contributed by atoms with Gasteiger partial charge in [0.1, 0.15) is 11.6 Å². The van der Waals surface area contributed by atoms with Crippen LogP contribution in [0.2, 0.25) is 0 Å². The lowest BCUT2D eigenvalue weighted by molar-refractivity contribution is 0.0341. The van der Waals surface area contributed by atoms with Gasteiger partial charge < -0.3 is 15.4 Å². The molecule has 0 aliphatic carbocycles. The molecule has 1 heterocycles. The molecule has 3 rings (SSSR count). The van der Waals surface area contributed by atoms with Crippen molar-refractivity contribution in [2.24, 2.45) is 4.99 Å². The number of ether oxygens (including phenoxy) is 1. The van der Waals surface area contributed by atoms with Gasteiger partial charge in [-0.15, -0.1) is 24.0 Å². The van der Waals surface area contributed by atoms with Gasteiger partial charge in [0.2, 0.25) is 0 Å². The normalized spacial score (nSPS) is 14.7. The van der Waals surface area contributed by atoms with Crippen LogP contribution in [0.5, 0.6) is 0 Å². The molecule has 0 saturated carbocycles. The fraction of sp³-hybridized carbons (Fsp3) is 0.435. The molecular weight excluding hydrogens is 513 g/mol. The molecular formula is C23H31F2IN4O. The third-order valence-corrected chi connectivity index (χ3v) is 5.00. The van der Waals surface area contributed by atoms with Crippen molar-refractivity contribution in [3.05, 3.63) is 70.8 Å². The predicted molar refractivity (Wildman–Crippen MR) is 131 cm³/mol. The topological polar surface area (TPSA) is 48.9 Å². The first-order valence-corrected chi connectivity index (χ1v) is 10.5. The van der Waals surface area contributed by atoms with Crippen LogP contribution in [0.3, 0.4) is 0 Å². The molecule has 0 radical (unpaired) electrons. The van der Waals surface area contributed by atoms with Gasteiger partial charge in [-0.25, -0.2) is 13.8 Å². The molecule has 0 atom stereocenters. The molecule has 0 unspecified atom stereocenters. The lowest BCUT2D eigenvalue weighted by Gasteiger charge is -2.27. The summed E-state index contributed by atoms with van der Waals surface area (Å²) in [6.07, 6.45) is 0.507. The molecule has 1 saturated heterocycles. The van der Waals surface area contributed by atoms with Crippen LogP contribution in [0.4, 0.5) is 8.78 Å². The lowest BCUT2D eigenvalue weighted by Crippen LogP contribution is -2.38. The summed E-state index contributed by atoms with van der Waals surface area (Å²) in [4.78, 5) is 7.10. The van der Waals surface area contributed by atoms with E-state index in [4.69, 9.17) is 9.73 Å². The molecule has 2 aromatic rings. The predicted octanol–water partition coefficient (Wildman–Crippen LogP) is 3.71. The summed E-state index contributed by atoms with van der Waals surface area (Å²) < 4.78 is 32.1. The number of benzene rings is 2. The Morgan fingerprint density at radius 1 is 1.03 bits per heavy atom. The highest BCUT2D eigenvalue weighted by molar-refractivity contribution is 14.0. The van der Waals surface area contributed by atoms with E-state index in [0.717, 1.165) is 45.5 Å². The Bertz CT molecular complexity index is 824. The van der Waals surface area contributed by atoms with Crippen LogP contribution in [0.25, 0.3) is 0 Å². The van der Waals surface area contributed by atoms with E-state index in [1.54, 1.807) is 0 Å². The van der Waals surface area contributed by atoms with Gasteiger partial charge in [-0.1, -0.05) is 24.3 Å². The Kier molecular flexibility index (Phi) is 11.2. The van der Waals surface area contributed by atoms with E-state index in [-0.39, 0.29) is 24.0 Å². The molecule has 1 aliphatic heterocycles. The molecule has 31 heavy (non-hydrogen) atoms. The number of rotatable bonds is 8. The molecule has 0 aromatic heterocycles. The number of hydrogen-bond donors (Lipinski definition) is 2. The van der Waals surface area contributed by atoms with E-state index >= 15 is 0 Å².